The maximum absolute atomic E-state index is 0. The molecule has 7 radical (unpaired) electrons. The first kappa shape index (κ1) is 35.9. The summed E-state index contributed by atoms with van der Waals surface area (Å²) >= 11 is 0. The monoisotopic (exact) mass is 165 g/mol. The molecule has 4 heteroatoms. The van der Waals surface area contributed by atoms with Crippen LogP contribution < -0.4 is 0 Å². The molecule has 0 bridgehead atoms. The molecule has 0 N–H and O–H groups in total. The van der Waals surface area contributed by atoms with Crippen LogP contribution in [-0.4, -0.2) is 34.7 Å². The van der Waals surface area contributed by atoms with Gasteiger partial charge in [-0.2, -0.15) is 0 Å². The smallest absolute Gasteiger partial charge is 0 e. The molecule has 0 nitrogen and oxygen atoms in total. The van der Waals surface area contributed by atoms with Gasteiger partial charge in [0, 0.05) is 68.9 Å². The van der Waals surface area contributed by atoms with Gasteiger partial charge in [-0.3, -0.25) is 0 Å². The van der Waals surface area contributed by atoms with Crippen LogP contribution in [0.2, 0.25) is 0 Å². The molecular formula is Al2CoCr. The van der Waals surface area contributed by atoms with Crippen molar-refractivity contribution in [2.24, 2.45) is 0 Å². The van der Waals surface area contributed by atoms with Gasteiger partial charge in [-0.15, -0.1) is 0 Å². The third kappa shape index (κ3) is 8.93. The summed E-state index contributed by atoms with van der Waals surface area (Å²) < 4.78 is 0. The van der Waals surface area contributed by atoms with Gasteiger partial charge in [-0.1, -0.05) is 0 Å². The van der Waals surface area contributed by atoms with Gasteiger partial charge in [0.25, 0.3) is 0 Å². The molecule has 0 aliphatic heterocycles. The molecule has 0 heterocycles. The predicted molar refractivity (Wildman–Crippen MR) is 11.5 cm³/mol. The van der Waals surface area contributed by atoms with Crippen LogP contribution >= 0.6 is 0 Å². The Bertz CT molecular complexity index is 6.00. The summed E-state index contributed by atoms with van der Waals surface area (Å²) in [5, 5.41) is 0. The average Bonchev–Trinajstić information content (AvgIpc) is 0. The average molecular weight is 165 g/mol. The first-order valence-electron chi connectivity index (χ1n) is 0. The molecule has 0 aromatic carbocycles. The van der Waals surface area contributed by atoms with E-state index in [2.05, 4.69) is 0 Å². The summed E-state index contributed by atoms with van der Waals surface area (Å²) in [4.78, 5) is 0. The van der Waals surface area contributed by atoms with Gasteiger partial charge >= 0.3 is 0 Å². The van der Waals surface area contributed by atoms with Crippen molar-refractivity contribution >= 4 is 34.7 Å². The van der Waals surface area contributed by atoms with Gasteiger partial charge in [-0.25, -0.2) is 0 Å². The fraction of sp³-hybridized carbons (Fsp3) is 0. The Kier molecular flexibility index (Phi) is 174. The van der Waals surface area contributed by atoms with Crippen molar-refractivity contribution in [3.05, 3.63) is 0 Å². The van der Waals surface area contributed by atoms with Crippen molar-refractivity contribution in [3.8, 4) is 0 Å². The topological polar surface area (TPSA) is 0 Å². The molecule has 21 valence electrons. The van der Waals surface area contributed by atoms with E-state index in [1.165, 1.54) is 0 Å². The fourth-order valence-corrected chi connectivity index (χ4v) is 0. The number of rotatable bonds is 0. The summed E-state index contributed by atoms with van der Waals surface area (Å²) in [7, 11) is 0. The molecule has 0 saturated carbocycles. The SMILES string of the molecule is [Al].[Al].[Co].[Cr]. The maximum atomic E-state index is 0. The molecular weight excluding hydrogens is 165 g/mol. The third-order valence-corrected chi connectivity index (χ3v) is 0. The minimum absolute atomic E-state index is 0. The standard InChI is InChI=1S/2Al.Co.Cr. The second kappa shape index (κ2) is 19.4. The molecule has 0 spiro atoms. The summed E-state index contributed by atoms with van der Waals surface area (Å²) in [6.45, 7) is 0. The normalized spacial score (nSPS) is 0. The first-order valence-corrected chi connectivity index (χ1v) is 0. The molecule has 0 rings (SSSR count). The van der Waals surface area contributed by atoms with Crippen molar-refractivity contribution in [1.29, 1.82) is 0 Å². The Morgan fingerprint density at radius 2 is 0.750 bits per heavy atom. The molecule has 4 heavy (non-hydrogen) atoms. The van der Waals surface area contributed by atoms with E-state index >= 15 is 0 Å². The van der Waals surface area contributed by atoms with Crippen LogP contribution in [0.25, 0.3) is 0 Å². The molecule has 0 aromatic rings. The van der Waals surface area contributed by atoms with E-state index in [9.17, 15) is 0 Å². The number of hydrogen-bond donors (Lipinski definition) is 0. The van der Waals surface area contributed by atoms with E-state index in [1.807, 2.05) is 0 Å². The van der Waals surface area contributed by atoms with Crippen molar-refractivity contribution in [2.75, 3.05) is 0 Å². The molecule has 0 atom stereocenters. The van der Waals surface area contributed by atoms with Gasteiger partial charge in [0.15, 0.2) is 0 Å². The number of hydrogen-bond acceptors (Lipinski definition) is 0. The van der Waals surface area contributed by atoms with Crippen molar-refractivity contribution in [3.63, 3.8) is 0 Å². The third-order valence-electron chi connectivity index (χ3n) is 0. The van der Waals surface area contributed by atoms with Gasteiger partial charge in [0.1, 0.15) is 0 Å². The Morgan fingerprint density at radius 1 is 0.750 bits per heavy atom. The second-order valence-corrected chi connectivity index (χ2v) is 0. The van der Waals surface area contributed by atoms with Crippen LogP contribution in [0.15, 0.2) is 0 Å². The predicted octanol–water partition coefficient (Wildman–Crippen LogP) is -0.767. The van der Waals surface area contributed by atoms with Gasteiger partial charge in [-0.05, 0) is 0 Å². The Balaban J connectivity index is 0. The van der Waals surface area contributed by atoms with E-state index in [4.69, 9.17) is 0 Å². The van der Waals surface area contributed by atoms with E-state index in [0.717, 1.165) is 0 Å². The van der Waals surface area contributed by atoms with E-state index < -0.39 is 0 Å². The molecule has 0 amide bonds. The van der Waals surface area contributed by atoms with Crippen LogP contribution in [0.1, 0.15) is 0 Å². The van der Waals surface area contributed by atoms with Crippen molar-refractivity contribution < 1.29 is 34.1 Å². The van der Waals surface area contributed by atoms with Crippen molar-refractivity contribution in [2.45, 2.75) is 0 Å². The molecule has 0 aliphatic rings. The van der Waals surface area contributed by atoms with Crippen molar-refractivity contribution in [1.82, 2.24) is 0 Å². The Labute approximate surface area is 68.3 Å². The molecule has 0 unspecified atom stereocenters. The Hall–Kier alpha value is 2.10. The molecule has 0 aromatic heterocycles. The quantitative estimate of drug-likeness (QED) is 0.413. The largest absolute Gasteiger partial charge is 0 e. The van der Waals surface area contributed by atoms with E-state index in [0.29, 0.717) is 0 Å². The zero-order valence-corrected chi connectivity index (χ0v) is 6.52. The van der Waals surface area contributed by atoms with Crippen LogP contribution in [0.3, 0.4) is 0 Å². The zero-order chi connectivity index (χ0) is 0. The minimum Gasteiger partial charge on any atom is 0 e. The first-order chi connectivity index (χ1) is 0. The molecule has 0 saturated heterocycles. The second-order valence-electron chi connectivity index (χ2n) is 0. The molecule has 0 fully saturated rings. The van der Waals surface area contributed by atoms with E-state index in [1.54, 1.807) is 0 Å². The summed E-state index contributed by atoms with van der Waals surface area (Å²) in [6.07, 6.45) is 0. The van der Waals surface area contributed by atoms with Crippen LogP contribution in [0.5, 0.6) is 0 Å². The minimum atomic E-state index is 0. The summed E-state index contributed by atoms with van der Waals surface area (Å²) in [6, 6.07) is 0. The van der Waals surface area contributed by atoms with Crippen LogP contribution in [-0.2, 0) is 34.1 Å². The molecule has 0 aliphatic carbocycles. The van der Waals surface area contributed by atoms with Crippen LogP contribution in [0.4, 0.5) is 0 Å². The summed E-state index contributed by atoms with van der Waals surface area (Å²) in [5.74, 6) is 0. The maximum Gasteiger partial charge on any atom is 0 e. The Morgan fingerprint density at radius 3 is 0.750 bits per heavy atom. The van der Waals surface area contributed by atoms with Gasteiger partial charge in [0.05, 0.1) is 0 Å². The summed E-state index contributed by atoms with van der Waals surface area (Å²) in [5.41, 5.74) is 0. The zero-order valence-electron chi connectivity index (χ0n) is 1.90. The van der Waals surface area contributed by atoms with Gasteiger partial charge in [0.2, 0.25) is 0 Å². The fourth-order valence-electron chi connectivity index (χ4n) is 0. The van der Waals surface area contributed by atoms with Crippen LogP contribution in [0, 0.1) is 0 Å². The van der Waals surface area contributed by atoms with E-state index in [-0.39, 0.29) is 68.9 Å². The van der Waals surface area contributed by atoms with Gasteiger partial charge < -0.3 is 0 Å².